The summed E-state index contributed by atoms with van der Waals surface area (Å²) >= 11 is 0. The quantitative estimate of drug-likeness (QED) is 0.132. The van der Waals surface area contributed by atoms with Gasteiger partial charge in [-0.05, 0) is 70.2 Å². The molecule has 3 saturated heterocycles. The van der Waals surface area contributed by atoms with Gasteiger partial charge in [0.05, 0.1) is 35.6 Å². The summed E-state index contributed by atoms with van der Waals surface area (Å²) < 4.78 is 56.0. The van der Waals surface area contributed by atoms with E-state index in [-0.39, 0.29) is 42.1 Å². The maximum atomic E-state index is 15.7. The maximum absolute atomic E-state index is 15.7. The summed E-state index contributed by atoms with van der Waals surface area (Å²) in [7, 11) is 0. The first-order chi connectivity index (χ1) is 29.3. The Kier molecular flexibility index (Phi) is 12.0. The molecule has 18 nitrogen and oxygen atoms in total. The number of rotatable bonds is 10. The molecule has 3 N–H and O–H groups in total. The van der Waals surface area contributed by atoms with Crippen molar-refractivity contribution < 1.29 is 81.6 Å². The molecule has 3 aliphatic carbocycles. The van der Waals surface area contributed by atoms with Gasteiger partial charge in [0, 0.05) is 25.7 Å². The van der Waals surface area contributed by atoms with Gasteiger partial charge in [-0.25, -0.2) is 14.4 Å². The lowest BCUT2D eigenvalue weighted by atomic mass is 9.44. The van der Waals surface area contributed by atoms with Crippen LogP contribution in [0.3, 0.4) is 0 Å². The summed E-state index contributed by atoms with van der Waals surface area (Å²) in [6.07, 6.45) is -14.3. The van der Waals surface area contributed by atoms with Crippen LogP contribution in [0.15, 0.2) is 41.5 Å². The SMILES string of the molecule is CC(=O)O[C@H]1C(=O)[C@@]2(C)[C@H]([C@H](OC(=O)c3ccccc3)[C@]34OC5OC5O[C@H]3[C@H](OC(=O)[C@H](O)[C@H](CC(C)C)NC(=O)OC(C)(C)C)C(C)=C1C4(C)C)[C@]1(OC(C)=O)CO[C@@H]1C[C@@H]2O. The van der Waals surface area contributed by atoms with E-state index in [4.69, 9.17) is 42.6 Å². The van der Waals surface area contributed by atoms with Crippen LogP contribution >= 0.6 is 0 Å². The summed E-state index contributed by atoms with van der Waals surface area (Å²) in [5, 5.41) is 26.6. The summed E-state index contributed by atoms with van der Waals surface area (Å²) in [6.45, 7) is 17.0. The molecular weight excluding hydrogens is 826 g/mol. The molecule has 0 aromatic heterocycles. The molecule has 1 aromatic carbocycles. The largest absolute Gasteiger partial charge is 0.455 e. The zero-order chi connectivity index (χ0) is 46.4. The van der Waals surface area contributed by atoms with Gasteiger partial charge < -0.3 is 58.2 Å². The predicted octanol–water partition coefficient (Wildman–Crippen LogP) is 3.22. The number of esters is 4. The normalized spacial score (nSPS) is 37.1. The average Bonchev–Trinajstić information content (AvgIpc) is 3.94. The van der Waals surface area contributed by atoms with Crippen LogP contribution in [0.4, 0.5) is 4.79 Å². The fourth-order valence-corrected chi connectivity index (χ4v) is 10.8. The van der Waals surface area contributed by atoms with E-state index < -0.39 is 131 Å². The number of aliphatic hydroxyl groups is 2. The minimum atomic E-state index is -2.11. The highest BCUT2D eigenvalue weighted by molar-refractivity contribution is 5.95. The van der Waals surface area contributed by atoms with Crippen molar-refractivity contribution >= 4 is 35.8 Å². The number of carbonyl (C=O) groups excluding carboxylic acids is 6. The number of hydrogen-bond donors (Lipinski definition) is 3. The summed E-state index contributed by atoms with van der Waals surface area (Å²) in [6, 6.07) is 6.76. The highest BCUT2D eigenvalue weighted by Gasteiger charge is 2.83. The molecule has 1 spiro atoms. The number of amides is 1. The van der Waals surface area contributed by atoms with Crippen LogP contribution < -0.4 is 5.32 Å². The molecule has 2 bridgehead atoms. The van der Waals surface area contributed by atoms with Crippen molar-refractivity contribution in [1.82, 2.24) is 5.32 Å². The summed E-state index contributed by atoms with van der Waals surface area (Å²) in [4.78, 5) is 84.1. The van der Waals surface area contributed by atoms with E-state index in [1.54, 1.807) is 59.7 Å². The molecule has 3 aliphatic heterocycles. The maximum Gasteiger partial charge on any atom is 0.407 e. The Hall–Kier alpha value is -4.46. The van der Waals surface area contributed by atoms with E-state index in [9.17, 15) is 34.2 Å². The van der Waals surface area contributed by atoms with Crippen LogP contribution in [0.1, 0.15) is 99.4 Å². The van der Waals surface area contributed by atoms with Gasteiger partial charge in [0.1, 0.15) is 29.5 Å². The molecular formula is C45H59NO17. The Labute approximate surface area is 365 Å². The van der Waals surface area contributed by atoms with Gasteiger partial charge in [0.25, 0.3) is 0 Å². The molecule has 63 heavy (non-hydrogen) atoms. The first-order valence-corrected chi connectivity index (χ1v) is 21.3. The molecule has 5 fully saturated rings. The van der Waals surface area contributed by atoms with Gasteiger partial charge in [0.15, 0.2) is 29.7 Å². The fraction of sp³-hybridized carbons (Fsp3) is 0.689. The summed E-state index contributed by atoms with van der Waals surface area (Å²) in [5.41, 5.74) is -8.09. The minimum absolute atomic E-state index is 0.0701. The van der Waals surface area contributed by atoms with E-state index in [2.05, 4.69) is 5.32 Å². The van der Waals surface area contributed by atoms with Gasteiger partial charge in [-0.15, -0.1) is 0 Å². The molecule has 14 atom stereocenters. The standard InChI is InChI=1S/C45H59NO17/c1-20(2)17-25(46-40(54)63-41(6,7)8)29(50)37(53)57-30-21(3)28-31(56-22(4)47)33(51)43(11)26(49)18-27-44(19-55-27,61-23(5)48)32(43)35(58-36(52)24-15-13-12-14-16-24)45(42(28,9)10)34(30)59-38-39(60-38)62-45/h12-16,20,25-27,29-32,34-35,38-39,49-50H,17-19H2,1-11H3,(H,46,54)/t25-,26-,27+,29+,30+,31+,32-,34-,35-,38?,39?,43+,44-,45+/m0/s1. The molecule has 3 heterocycles. The van der Waals surface area contributed by atoms with E-state index in [1.807, 2.05) is 13.8 Å². The number of ketones is 1. The van der Waals surface area contributed by atoms with Gasteiger partial charge in [-0.2, -0.15) is 0 Å². The van der Waals surface area contributed by atoms with E-state index in [1.165, 1.54) is 26.0 Å². The number of epoxide rings is 1. The van der Waals surface area contributed by atoms with Gasteiger partial charge >= 0.3 is 30.0 Å². The van der Waals surface area contributed by atoms with Crippen molar-refractivity contribution in [3.8, 4) is 0 Å². The van der Waals surface area contributed by atoms with Crippen LogP contribution in [0.2, 0.25) is 0 Å². The molecule has 18 heteroatoms. The number of alkyl carbamates (subject to hydrolysis) is 1. The Balaban J connectivity index is 1.47. The predicted molar refractivity (Wildman–Crippen MR) is 215 cm³/mol. The van der Waals surface area contributed by atoms with E-state index >= 15 is 4.79 Å². The second-order valence-electron chi connectivity index (χ2n) is 19.7. The zero-order valence-electron chi connectivity index (χ0n) is 37.5. The van der Waals surface area contributed by atoms with Gasteiger partial charge in [-0.3, -0.25) is 14.4 Å². The first-order valence-electron chi connectivity index (χ1n) is 21.3. The third kappa shape index (κ3) is 7.73. The number of aliphatic hydroxyl groups excluding tert-OH is 2. The van der Waals surface area contributed by atoms with Gasteiger partial charge in [-0.1, -0.05) is 45.9 Å². The lowest BCUT2D eigenvalue weighted by Crippen LogP contribution is -2.84. The van der Waals surface area contributed by atoms with Crippen molar-refractivity contribution in [3.63, 3.8) is 0 Å². The number of Topliss-reactive ketones (excluding diaryl/α,β-unsaturated/α-hetero) is 1. The number of carbonyl (C=O) groups is 6. The van der Waals surface area contributed by atoms with Crippen molar-refractivity contribution in [1.29, 1.82) is 0 Å². The third-order valence-electron chi connectivity index (χ3n) is 13.5. The zero-order valence-corrected chi connectivity index (χ0v) is 37.5. The van der Waals surface area contributed by atoms with Crippen molar-refractivity contribution in [2.24, 2.45) is 22.7 Å². The molecule has 2 unspecified atom stereocenters. The second-order valence-corrected chi connectivity index (χ2v) is 19.7. The Morgan fingerprint density at radius 3 is 2.19 bits per heavy atom. The third-order valence-corrected chi connectivity index (χ3v) is 13.5. The number of benzene rings is 1. The monoisotopic (exact) mass is 885 g/mol. The van der Waals surface area contributed by atoms with Crippen molar-refractivity contribution in [2.75, 3.05) is 6.61 Å². The molecule has 7 rings (SSSR count). The number of ether oxygens (including phenoxy) is 9. The van der Waals surface area contributed by atoms with E-state index in [0.29, 0.717) is 0 Å². The van der Waals surface area contributed by atoms with Crippen LogP contribution in [0, 0.1) is 22.7 Å². The highest BCUT2D eigenvalue weighted by atomic mass is 16.9. The number of fused-ring (bicyclic) bond motifs is 5. The lowest BCUT2D eigenvalue weighted by molar-refractivity contribution is -0.368. The molecule has 2 saturated carbocycles. The molecule has 6 aliphatic rings. The molecule has 346 valence electrons. The Morgan fingerprint density at radius 1 is 0.952 bits per heavy atom. The minimum Gasteiger partial charge on any atom is -0.455 e. The fourth-order valence-electron chi connectivity index (χ4n) is 10.8. The second kappa shape index (κ2) is 16.2. The average molecular weight is 886 g/mol. The Bertz CT molecular complexity index is 2060. The summed E-state index contributed by atoms with van der Waals surface area (Å²) in [5.74, 6) is -6.25. The van der Waals surface area contributed by atoms with Crippen molar-refractivity contribution in [3.05, 3.63) is 47.0 Å². The smallest absolute Gasteiger partial charge is 0.407 e. The first kappa shape index (κ1) is 46.5. The van der Waals surface area contributed by atoms with Crippen LogP contribution in [-0.4, -0.2) is 131 Å². The lowest BCUT2D eigenvalue weighted by Gasteiger charge is -2.69. The highest BCUT2D eigenvalue weighted by Crippen LogP contribution is 2.67. The van der Waals surface area contributed by atoms with Crippen LogP contribution in [0.5, 0.6) is 0 Å². The molecule has 0 radical (unpaired) electrons. The molecule has 1 amide bonds. The molecule has 1 aromatic rings. The van der Waals surface area contributed by atoms with Crippen LogP contribution in [-0.2, 0) is 61.8 Å². The van der Waals surface area contributed by atoms with Crippen LogP contribution in [0.25, 0.3) is 0 Å². The Morgan fingerprint density at radius 2 is 1.62 bits per heavy atom. The van der Waals surface area contributed by atoms with E-state index in [0.717, 1.165) is 6.92 Å². The van der Waals surface area contributed by atoms with Gasteiger partial charge in [0.2, 0.25) is 12.6 Å². The van der Waals surface area contributed by atoms with Crippen molar-refractivity contribution in [2.45, 2.75) is 167 Å². The topological polar surface area (TPSA) is 241 Å². The number of nitrogens with one attached hydrogen (secondary N) is 1. The number of hydrogen-bond acceptors (Lipinski definition) is 17.